The van der Waals surface area contributed by atoms with Crippen LogP contribution in [0.25, 0.3) is 11.2 Å². The van der Waals surface area contributed by atoms with Gasteiger partial charge in [-0.3, -0.25) is 19.5 Å². The standard InChI is InChI=1S/C32H41F2N7O3S/c1-7-44-32(5,6)14-21(15-35)29(43)40-12-8-9-22(40)18-41-27-23(13-20(17-37-27)16-36-19-31(2,3)4)38-30(41)39-28(42)25-11-10-24(45-25)26(33)34/h10-11,13-14,17,22,26,36H,7-9,12,16,18-19H2,1-6H3,(H,38,39,42)/b21-14+/t22-/m1/s1. The van der Waals surface area contributed by atoms with Crippen molar-refractivity contribution in [1.29, 1.82) is 5.26 Å². The number of likely N-dealkylation sites (tertiary alicyclic amines) is 1. The molecule has 1 aliphatic heterocycles. The summed E-state index contributed by atoms with van der Waals surface area (Å²) in [5, 5.41) is 16.1. The van der Waals surface area contributed by atoms with Gasteiger partial charge >= 0.3 is 0 Å². The highest BCUT2D eigenvalue weighted by Gasteiger charge is 2.33. The summed E-state index contributed by atoms with van der Waals surface area (Å²) in [6.45, 7) is 14.4. The predicted molar refractivity (Wildman–Crippen MR) is 170 cm³/mol. The van der Waals surface area contributed by atoms with Crippen molar-refractivity contribution in [3.05, 3.63) is 51.4 Å². The van der Waals surface area contributed by atoms with Crippen LogP contribution in [0, 0.1) is 16.7 Å². The Labute approximate surface area is 266 Å². The van der Waals surface area contributed by atoms with Crippen LogP contribution in [-0.4, -0.2) is 62.6 Å². The van der Waals surface area contributed by atoms with Gasteiger partial charge in [0.1, 0.15) is 17.2 Å². The molecule has 0 aromatic carbocycles. The molecule has 3 aromatic rings. The average molecular weight is 642 g/mol. The molecular weight excluding hydrogens is 600 g/mol. The maximum atomic E-state index is 13.6. The molecule has 0 saturated carbocycles. The monoisotopic (exact) mass is 641 g/mol. The Kier molecular flexibility index (Phi) is 10.7. The third-order valence-corrected chi connectivity index (χ3v) is 8.40. The van der Waals surface area contributed by atoms with Gasteiger partial charge in [-0.05, 0) is 68.9 Å². The van der Waals surface area contributed by atoms with Crippen molar-refractivity contribution in [3.8, 4) is 6.07 Å². The number of alkyl halides is 2. The van der Waals surface area contributed by atoms with Crippen molar-refractivity contribution in [2.45, 2.75) is 85.5 Å². The van der Waals surface area contributed by atoms with Crippen LogP contribution in [0.2, 0.25) is 0 Å². The molecule has 2 amide bonds. The van der Waals surface area contributed by atoms with Crippen LogP contribution >= 0.6 is 11.3 Å². The smallest absolute Gasteiger partial charge is 0.272 e. The Balaban J connectivity index is 1.65. The van der Waals surface area contributed by atoms with E-state index in [0.29, 0.717) is 37.3 Å². The quantitative estimate of drug-likeness (QED) is 0.182. The molecule has 1 fully saturated rings. The van der Waals surface area contributed by atoms with Crippen LogP contribution in [0.3, 0.4) is 0 Å². The molecule has 0 bridgehead atoms. The molecule has 10 nitrogen and oxygen atoms in total. The number of thiophene rings is 1. The minimum atomic E-state index is -2.67. The molecular formula is C32H41F2N7O3S. The maximum absolute atomic E-state index is 13.6. The van der Waals surface area contributed by atoms with Gasteiger partial charge < -0.3 is 15.0 Å². The molecule has 1 atom stereocenters. The number of ether oxygens (including phenoxy) is 1. The summed E-state index contributed by atoms with van der Waals surface area (Å²) in [6, 6.07) is 6.23. The van der Waals surface area contributed by atoms with Gasteiger partial charge in [-0.1, -0.05) is 20.8 Å². The first kappa shape index (κ1) is 34.1. The van der Waals surface area contributed by atoms with E-state index < -0.39 is 17.9 Å². The fraction of sp³-hybridized carbons (Fsp3) is 0.531. The number of hydrogen-bond acceptors (Lipinski definition) is 8. The van der Waals surface area contributed by atoms with Crippen LogP contribution in [0.5, 0.6) is 0 Å². The number of nitrogens with zero attached hydrogens (tertiary/aromatic N) is 5. The molecule has 0 spiro atoms. The molecule has 2 N–H and O–H groups in total. The van der Waals surface area contributed by atoms with Gasteiger partial charge in [0.15, 0.2) is 5.65 Å². The van der Waals surface area contributed by atoms with Crippen LogP contribution in [0.1, 0.15) is 80.9 Å². The van der Waals surface area contributed by atoms with Gasteiger partial charge in [0, 0.05) is 39.0 Å². The Bertz CT molecular complexity index is 1600. The summed E-state index contributed by atoms with van der Waals surface area (Å²) >= 11 is 0.722. The lowest BCUT2D eigenvalue weighted by atomic mass is 9.97. The first-order valence-electron chi connectivity index (χ1n) is 15.0. The van der Waals surface area contributed by atoms with Crippen LogP contribution in [0.4, 0.5) is 14.7 Å². The van der Waals surface area contributed by atoms with Crippen molar-refractivity contribution in [1.82, 2.24) is 24.8 Å². The number of hydrogen-bond donors (Lipinski definition) is 2. The molecule has 1 aliphatic rings. The lowest BCUT2D eigenvalue weighted by Crippen LogP contribution is -2.39. The topological polar surface area (TPSA) is 125 Å². The largest absolute Gasteiger partial charge is 0.372 e. The summed E-state index contributed by atoms with van der Waals surface area (Å²) < 4.78 is 33.8. The Morgan fingerprint density at radius 3 is 2.67 bits per heavy atom. The second-order valence-corrected chi connectivity index (χ2v) is 14.0. The summed E-state index contributed by atoms with van der Waals surface area (Å²) in [5.41, 5.74) is 1.28. The van der Waals surface area contributed by atoms with E-state index in [1.807, 2.05) is 19.1 Å². The van der Waals surface area contributed by atoms with Crippen molar-refractivity contribution >= 4 is 40.3 Å². The number of amides is 2. The zero-order chi connectivity index (χ0) is 32.9. The minimum absolute atomic E-state index is 0.00224. The highest BCUT2D eigenvalue weighted by atomic mass is 32.1. The number of rotatable bonds is 12. The molecule has 45 heavy (non-hydrogen) atoms. The van der Waals surface area contributed by atoms with Gasteiger partial charge in [-0.25, -0.2) is 18.7 Å². The van der Waals surface area contributed by atoms with Gasteiger partial charge in [-0.2, -0.15) is 5.26 Å². The van der Waals surface area contributed by atoms with Crippen LogP contribution in [-0.2, 0) is 22.6 Å². The average Bonchev–Trinajstić information content (AvgIpc) is 3.70. The minimum Gasteiger partial charge on any atom is -0.372 e. The molecule has 4 rings (SSSR count). The molecule has 0 unspecified atom stereocenters. The molecule has 1 saturated heterocycles. The van der Waals surface area contributed by atoms with E-state index in [1.165, 1.54) is 12.1 Å². The second-order valence-electron chi connectivity index (χ2n) is 12.9. The van der Waals surface area contributed by atoms with Crippen molar-refractivity contribution in [2.24, 2.45) is 5.41 Å². The number of carbonyl (C=O) groups is 2. The first-order valence-corrected chi connectivity index (χ1v) is 15.9. The normalized spacial score (nSPS) is 16.0. The van der Waals surface area contributed by atoms with E-state index in [4.69, 9.17) is 4.74 Å². The Morgan fingerprint density at radius 2 is 2.02 bits per heavy atom. The number of aromatic nitrogens is 3. The van der Waals surface area contributed by atoms with E-state index in [-0.39, 0.29) is 45.2 Å². The molecule has 0 radical (unpaired) electrons. The maximum Gasteiger partial charge on any atom is 0.272 e. The third kappa shape index (κ3) is 8.71. The Hall–Kier alpha value is -3.73. The van der Waals surface area contributed by atoms with Crippen LogP contribution < -0.4 is 10.6 Å². The predicted octanol–water partition coefficient (Wildman–Crippen LogP) is 6.07. The second kappa shape index (κ2) is 14.1. The number of fused-ring (bicyclic) bond motifs is 1. The zero-order valence-electron chi connectivity index (χ0n) is 26.6. The number of halogens is 2. The number of nitrogens with one attached hydrogen (secondary N) is 2. The zero-order valence-corrected chi connectivity index (χ0v) is 27.4. The van der Waals surface area contributed by atoms with Crippen molar-refractivity contribution in [2.75, 3.05) is 25.0 Å². The van der Waals surface area contributed by atoms with Gasteiger partial charge in [0.2, 0.25) is 5.95 Å². The summed E-state index contributed by atoms with van der Waals surface area (Å²) in [6.07, 6.45) is 2.04. The number of pyridine rings is 1. The van der Waals surface area contributed by atoms with Crippen LogP contribution in [0.15, 0.2) is 36.0 Å². The summed E-state index contributed by atoms with van der Waals surface area (Å²) in [7, 11) is 0. The fourth-order valence-electron chi connectivity index (χ4n) is 5.32. The summed E-state index contributed by atoms with van der Waals surface area (Å²) in [4.78, 5) is 37.7. The van der Waals surface area contributed by atoms with Gasteiger partial charge in [0.25, 0.3) is 18.2 Å². The number of imidazole rings is 1. The van der Waals surface area contributed by atoms with E-state index >= 15 is 0 Å². The molecule has 4 heterocycles. The first-order chi connectivity index (χ1) is 21.2. The molecule has 13 heteroatoms. The lowest BCUT2D eigenvalue weighted by Gasteiger charge is -2.27. The highest BCUT2D eigenvalue weighted by molar-refractivity contribution is 7.14. The third-order valence-electron chi connectivity index (χ3n) is 7.31. The van der Waals surface area contributed by atoms with E-state index in [2.05, 4.69) is 41.4 Å². The van der Waals surface area contributed by atoms with Crippen molar-refractivity contribution < 1.29 is 23.1 Å². The van der Waals surface area contributed by atoms with Gasteiger partial charge in [-0.15, -0.1) is 11.3 Å². The van der Waals surface area contributed by atoms with Gasteiger partial charge in [0.05, 0.1) is 21.4 Å². The number of carbonyl (C=O) groups excluding carboxylic acids is 2. The summed E-state index contributed by atoms with van der Waals surface area (Å²) in [5.74, 6) is -0.758. The highest BCUT2D eigenvalue weighted by Crippen LogP contribution is 2.29. The van der Waals surface area contributed by atoms with E-state index in [9.17, 15) is 23.6 Å². The molecule has 242 valence electrons. The number of nitriles is 1. The molecule has 3 aromatic heterocycles. The van der Waals surface area contributed by atoms with Crippen molar-refractivity contribution in [3.63, 3.8) is 0 Å². The fourth-order valence-corrected chi connectivity index (χ4v) is 6.08. The SMILES string of the molecule is CCOC(C)(C)/C=C(\C#N)C(=O)N1CCC[C@@H]1Cn1c(NC(=O)c2ccc(C(F)F)s2)nc2cc(CNCC(C)(C)C)cnc21. The molecule has 0 aliphatic carbocycles. The van der Waals surface area contributed by atoms with E-state index in [1.54, 1.807) is 35.6 Å². The lowest BCUT2D eigenvalue weighted by molar-refractivity contribution is -0.127. The number of anilines is 1. The Morgan fingerprint density at radius 1 is 1.27 bits per heavy atom. The van der Waals surface area contributed by atoms with E-state index in [0.717, 1.165) is 29.9 Å².